The van der Waals surface area contributed by atoms with Crippen LogP contribution in [0.1, 0.15) is 0 Å². The first-order valence-electron chi connectivity index (χ1n) is 4.99. The number of rotatable bonds is 4. The Hall–Kier alpha value is -2.04. The van der Waals surface area contributed by atoms with E-state index in [9.17, 15) is 50.8 Å². The van der Waals surface area contributed by atoms with Gasteiger partial charge in [0, 0.05) is 0 Å². The molecule has 0 aromatic carbocycles. The van der Waals surface area contributed by atoms with Gasteiger partial charge in [-0.05, 0) is 0 Å². The summed E-state index contributed by atoms with van der Waals surface area (Å²) < 4.78 is 4.10. The number of aliphatic hydroxyl groups is 5. The molecule has 0 aliphatic carbocycles. The van der Waals surface area contributed by atoms with Crippen molar-refractivity contribution in [2.24, 2.45) is 0 Å². The molecule has 1 saturated heterocycles. The maximum absolute atomic E-state index is 10.8. The zero-order valence-corrected chi connectivity index (χ0v) is 9.74. The van der Waals surface area contributed by atoms with Crippen molar-refractivity contribution >= 4 is 0 Å². The van der Waals surface area contributed by atoms with E-state index < -0.39 is 50.9 Å². The highest BCUT2D eigenvalue weighted by Crippen LogP contribution is 2.39. The first kappa shape index (κ1) is 17.0. The van der Waals surface area contributed by atoms with Gasteiger partial charge in [-0.2, -0.15) is 0 Å². The SMILES string of the molecule is O=[N+]([O-])C(O)[C@H]1O[C@H](O)[C@@](O)([N+](=O)[O-])[C@](O)([N+](=O)[O-])[C@@H]1O. The van der Waals surface area contributed by atoms with Crippen LogP contribution in [0.5, 0.6) is 0 Å². The van der Waals surface area contributed by atoms with Gasteiger partial charge in [-0.25, -0.2) is 0 Å². The number of hydrogen-bond acceptors (Lipinski definition) is 12. The highest BCUT2D eigenvalue weighted by Gasteiger charge is 2.84. The van der Waals surface area contributed by atoms with Crippen molar-refractivity contribution in [2.45, 2.75) is 36.2 Å². The first-order chi connectivity index (χ1) is 9.42. The molecule has 0 bridgehead atoms. The molecule has 0 spiro atoms. The highest BCUT2D eigenvalue weighted by molar-refractivity contribution is 5.00. The third-order valence-electron chi connectivity index (χ3n) is 2.96. The van der Waals surface area contributed by atoms with E-state index in [1.54, 1.807) is 0 Å². The molecular formula is C6H9N3O12. The van der Waals surface area contributed by atoms with Gasteiger partial charge < -0.3 is 30.3 Å². The predicted octanol–water partition coefficient (Wildman–Crippen LogP) is -4.41. The second-order valence-electron chi connectivity index (χ2n) is 4.06. The second kappa shape index (κ2) is 5.06. The summed E-state index contributed by atoms with van der Waals surface area (Å²) in [5.74, 6) is 0. The van der Waals surface area contributed by atoms with E-state index in [-0.39, 0.29) is 0 Å². The number of hydrogen-bond donors (Lipinski definition) is 5. The molecule has 21 heavy (non-hydrogen) atoms. The lowest BCUT2D eigenvalue weighted by molar-refractivity contribution is -0.794. The highest BCUT2D eigenvalue weighted by atomic mass is 16.7. The van der Waals surface area contributed by atoms with E-state index in [0.29, 0.717) is 0 Å². The van der Waals surface area contributed by atoms with Gasteiger partial charge in [-0.15, -0.1) is 0 Å². The summed E-state index contributed by atoms with van der Waals surface area (Å²) in [6.07, 6.45) is -11.7. The average molecular weight is 315 g/mol. The Kier molecular flexibility index (Phi) is 4.10. The molecule has 15 heteroatoms. The van der Waals surface area contributed by atoms with Gasteiger partial charge in [0.1, 0.15) is 0 Å². The van der Waals surface area contributed by atoms with Gasteiger partial charge in [0.15, 0.2) is 12.2 Å². The van der Waals surface area contributed by atoms with Crippen molar-refractivity contribution < 1.29 is 45.0 Å². The smallest absolute Gasteiger partial charge is 0.380 e. The van der Waals surface area contributed by atoms with E-state index in [1.165, 1.54) is 0 Å². The summed E-state index contributed by atoms with van der Waals surface area (Å²) in [4.78, 5) is 26.5. The van der Waals surface area contributed by atoms with Gasteiger partial charge in [0.2, 0.25) is 0 Å². The van der Waals surface area contributed by atoms with E-state index >= 15 is 0 Å². The van der Waals surface area contributed by atoms with Crippen molar-refractivity contribution in [3.63, 3.8) is 0 Å². The van der Waals surface area contributed by atoms with Crippen molar-refractivity contribution in [3.8, 4) is 0 Å². The maximum atomic E-state index is 10.8. The van der Waals surface area contributed by atoms with Crippen LogP contribution in [0.3, 0.4) is 0 Å². The molecule has 0 saturated carbocycles. The molecule has 1 rings (SSSR count). The fourth-order valence-electron chi connectivity index (χ4n) is 1.77. The fraction of sp³-hybridized carbons (Fsp3) is 1.00. The molecule has 0 aromatic heterocycles. The number of nitrogens with zero attached hydrogens (tertiary/aromatic N) is 3. The van der Waals surface area contributed by atoms with Crippen LogP contribution in [0.4, 0.5) is 0 Å². The lowest BCUT2D eigenvalue weighted by Crippen LogP contribution is -2.81. The number of ether oxygens (including phenoxy) is 1. The van der Waals surface area contributed by atoms with Crippen molar-refractivity contribution in [1.29, 1.82) is 0 Å². The summed E-state index contributed by atoms with van der Waals surface area (Å²) in [7, 11) is 0. The van der Waals surface area contributed by atoms with E-state index in [4.69, 9.17) is 5.11 Å². The third-order valence-corrected chi connectivity index (χ3v) is 2.96. The minimum Gasteiger partial charge on any atom is -0.380 e. The van der Waals surface area contributed by atoms with Crippen LogP contribution in [0, 0.1) is 30.3 Å². The average Bonchev–Trinajstić information content (AvgIpc) is 2.38. The molecule has 0 radical (unpaired) electrons. The summed E-state index contributed by atoms with van der Waals surface area (Å²) in [6, 6.07) is 0. The molecule has 15 nitrogen and oxygen atoms in total. The Labute approximate surface area is 113 Å². The van der Waals surface area contributed by atoms with Crippen LogP contribution in [0.2, 0.25) is 0 Å². The summed E-state index contributed by atoms with van der Waals surface area (Å²) in [5.41, 5.74) is -8.52. The van der Waals surface area contributed by atoms with Crippen LogP contribution in [0.25, 0.3) is 0 Å². The zero-order valence-electron chi connectivity index (χ0n) is 9.74. The lowest BCUT2D eigenvalue weighted by atomic mass is 9.86. The minimum absolute atomic E-state index is 1.50. The monoisotopic (exact) mass is 315 g/mol. The molecule has 1 heterocycles. The molecule has 0 amide bonds. The van der Waals surface area contributed by atoms with Gasteiger partial charge in [0.05, 0.1) is 14.8 Å². The van der Waals surface area contributed by atoms with E-state index in [2.05, 4.69) is 4.74 Å². The Morgan fingerprint density at radius 3 is 1.76 bits per heavy atom. The van der Waals surface area contributed by atoms with E-state index in [0.717, 1.165) is 0 Å². The van der Waals surface area contributed by atoms with Crippen molar-refractivity contribution in [3.05, 3.63) is 30.3 Å². The van der Waals surface area contributed by atoms with E-state index in [1.807, 2.05) is 0 Å². The number of aliphatic hydroxyl groups excluding tert-OH is 3. The molecule has 1 fully saturated rings. The van der Waals surface area contributed by atoms with Crippen LogP contribution >= 0.6 is 0 Å². The Bertz CT molecular complexity index is 484. The maximum Gasteiger partial charge on any atom is 0.472 e. The molecule has 1 unspecified atom stereocenters. The zero-order chi connectivity index (χ0) is 16.7. The van der Waals surface area contributed by atoms with Crippen molar-refractivity contribution in [2.75, 3.05) is 0 Å². The lowest BCUT2D eigenvalue weighted by Gasteiger charge is -2.41. The predicted molar refractivity (Wildman–Crippen MR) is 53.8 cm³/mol. The Morgan fingerprint density at radius 1 is 1.00 bits per heavy atom. The van der Waals surface area contributed by atoms with Gasteiger partial charge >= 0.3 is 17.7 Å². The van der Waals surface area contributed by atoms with Gasteiger partial charge in [-0.1, -0.05) is 0 Å². The van der Waals surface area contributed by atoms with Crippen LogP contribution in [-0.4, -0.2) is 76.5 Å². The molecule has 1 aliphatic heterocycles. The molecule has 5 N–H and O–H groups in total. The Balaban J connectivity index is 3.45. The van der Waals surface area contributed by atoms with Crippen LogP contribution in [-0.2, 0) is 4.74 Å². The quantitative estimate of drug-likeness (QED) is 0.187. The fourth-order valence-corrected chi connectivity index (χ4v) is 1.77. The third kappa shape index (κ3) is 2.07. The van der Waals surface area contributed by atoms with Crippen molar-refractivity contribution in [1.82, 2.24) is 0 Å². The molecular weight excluding hydrogens is 306 g/mol. The number of nitro groups is 3. The summed E-state index contributed by atoms with van der Waals surface area (Å²) in [6.45, 7) is 0. The second-order valence-corrected chi connectivity index (χ2v) is 4.06. The largest absolute Gasteiger partial charge is 0.472 e. The normalized spacial score (nSPS) is 41.3. The Morgan fingerprint density at radius 2 is 1.43 bits per heavy atom. The first-order valence-corrected chi connectivity index (χ1v) is 4.99. The molecule has 6 atom stereocenters. The van der Waals surface area contributed by atoms with Gasteiger partial charge in [0.25, 0.3) is 6.29 Å². The van der Waals surface area contributed by atoms with Crippen LogP contribution in [0.15, 0.2) is 0 Å². The van der Waals surface area contributed by atoms with Crippen LogP contribution < -0.4 is 0 Å². The molecule has 120 valence electrons. The summed E-state index contributed by atoms with van der Waals surface area (Å²) >= 11 is 0. The summed E-state index contributed by atoms with van der Waals surface area (Å²) in [5, 5.41) is 79.0. The molecule has 0 aromatic rings. The van der Waals surface area contributed by atoms with Gasteiger partial charge in [-0.3, -0.25) is 30.3 Å². The molecule has 1 aliphatic rings. The topological polar surface area (TPSA) is 240 Å². The standard InChI is InChI=1S/C6H9N3O12/c10-2-1(3(11)7(15)16)21-4(12)6(14,9(19)20)5(2,13)8(17)18/h1-4,10-14H/t1-,2+,3?,4-,5-,6-/m0/s1. The minimum atomic E-state index is -4.28.